The SMILES string of the molecule is Nc1nccn2c1c(-c1cc3ccccc3[nH]1)nc2[C@H]1CC[C@H](CNC(=O)c2cccc(C(F)(F)F)c2)CC1. The molecular formula is C29H27F3N6O. The van der Waals surface area contributed by atoms with Crippen LogP contribution in [0, 0.1) is 5.92 Å². The standard InChI is InChI=1S/C29H27F3N6O/c30-29(31,32)21-6-3-5-20(14-21)28(39)35-16-17-8-10-18(11-9-17)27-37-24(25-26(33)34-12-13-38(25)27)23-15-19-4-1-2-7-22(19)36-23/h1-7,12-15,17-18,36H,8-11,16H2,(H2,33,34)(H,35,39)/t17-,18-. The lowest BCUT2D eigenvalue weighted by Gasteiger charge is -2.28. The van der Waals surface area contributed by atoms with Gasteiger partial charge in [-0.3, -0.25) is 9.20 Å². The first kappa shape index (κ1) is 25.0. The van der Waals surface area contributed by atoms with Crippen molar-refractivity contribution in [2.45, 2.75) is 37.8 Å². The van der Waals surface area contributed by atoms with Crippen LogP contribution in [-0.4, -0.2) is 31.8 Å². The van der Waals surface area contributed by atoms with Gasteiger partial charge in [-0.05, 0) is 61.9 Å². The van der Waals surface area contributed by atoms with E-state index < -0.39 is 17.6 Å². The van der Waals surface area contributed by atoms with Crippen molar-refractivity contribution in [2.75, 3.05) is 12.3 Å². The zero-order valence-corrected chi connectivity index (χ0v) is 21.0. The Balaban J connectivity index is 1.16. The Kier molecular flexibility index (Phi) is 6.25. The normalized spacial score (nSPS) is 18.0. The molecule has 0 saturated heterocycles. The summed E-state index contributed by atoms with van der Waals surface area (Å²) >= 11 is 0. The molecular weight excluding hydrogens is 505 g/mol. The molecule has 0 atom stereocenters. The van der Waals surface area contributed by atoms with E-state index in [1.807, 2.05) is 34.9 Å². The number of alkyl halides is 3. The molecule has 0 aliphatic heterocycles. The van der Waals surface area contributed by atoms with Crippen LogP contribution in [0.4, 0.5) is 19.0 Å². The number of anilines is 1. The van der Waals surface area contributed by atoms with Crippen molar-refractivity contribution in [1.82, 2.24) is 24.7 Å². The summed E-state index contributed by atoms with van der Waals surface area (Å²) in [6, 6.07) is 14.6. The number of amides is 1. The lowest BCUT2D eigenvalue weighted by atomic mass is 9.81. The molecule has 1 aliphatic carbocycles. The van der Waals surface area contributed by atoms with Crippen LogP contribution in [0.25, 0.3) is 27.8 Å². The summed E-state index contributed by atoms with van der Waals surface area (Å²) in [5.74, 6) is 1.29. The fourth-order valence-electron chi connectivity index (χ4n) is 5.56. The molecule has 7 nitrogen and oxygen atoms in total. The van der Waals surface area contributed by atoms with Gasteiger partial charge in [-0.2, -0.15) is 13.2 Å². The van der Waals surface area contributed by atoms with Crippen LogP contribution in [0.2, 0.25) is 0 Å². The molecule has 1 amide bonds. The predicted octanol–water partition coefficient (Wildman–Crippen LogP) is 6.18. The largest absolute Gasteiger partial charge is 0.416 e. The Hall–Kier alpha value is -4.34. The molecule has 5 aromatic rings. The van der Waals surface area contributed by atoms with E-state index in [1.54, 1.807) is 6.20 Å². The number of hydrogen-bond donors (Lipinski definition) is 3. The van der Waals surface area contributed by atoms with Gasteiger partial charge in [0.2, 0.25) is 0 Å². The zero-order chi connectivity index (χ0) is 27.1. The Bertz CT molecular complexity index is 1630. The number of benzene rings is 2. The maximum atomic E-state index is 13.0. The average molecular weight is 533 g/mol. The maximum absolute atomic E-state index is 13.0. The number of nitrogen functional groups attached to an aromatic ring is 1. The van der Waals surface area contributed by atoms with Gasteiger partial charge in [0.05, 0.1) is 11.3 Å². The minimum absolute atomic E-state index is 0.0121. The highest BCUT2D eigenvalue weighted by molar-refractivity contribution is 5.94. The number of halogens is 3. The number of fused-ring (bicyclic) bond motifs is 2. The first-order valence-corrected chi connectivity index (χ1v) is 12.9. The van der Waals surface area contributed by atoms with Crippen molar-refractivity contribution in [1.29, 1.82) is 0 Å². The average Bonchev–Trinajstić information content (AvgIpc) is 3.54. The van der Waals surface area contributed by atoms with Crippen molar-refractivity contribution in [3.63, 3.8) is 0 Å². The van der Waals surface area contributed by atoms with Crippen LogP contribution in [0.15, 0.2) is 67.0 Å². The Morgan fingerprint density at radius 2 is 1.87 bits per heavy atom. The molecule has 200 valence electrons. The molecule has 3 heterocycles. The summed E-state index contributed by atoms with van der Waals surface area (Å²) in [5, 5.41) is 3.91. The number of nitrogens with one attached hydrogen (secondary N) is 2. The summed E-state index contributed by atoms with van der Waals surface area (Å²) in [6.07, 6.45) is 2.56. The molecule has 0 bridgehead atoms. The quantitative estimate of drug-likeness (QED) is 0.252. The minimum atomic E-state index is -4.49. The molecule has 1 saturated carbocycles. The van der Waals surface area contributed by atoms with Gasteiger partial charge in [-0.1, -0.05) is 24.3 Å². The number of carbonyl (C=O) groups is 1. The number of imidazole rings is 1. The van der Waals surface area contributed by atoms with Gasteiger partial charge in [0, 0.05) is 41.3 Å². The highest BCUT2D eigenvalue weighted by Crippen LogP contribution is 2.39. The van der Waals surface area contributed by atoms with E-state index in [0.29, 0.717) is 12.4 Å². The Labute approximate surface area is 222 Å². The fraction of sp³-hybridized carbons (Fsp3) is 0.276. The number of rotatable bonds is 5. The monoisotopic (exact) mass is 532 g/mol. The van der Waals surface area contributed by atoms with E-state index >= 15 is 0 Å². The summed E-state index contributed by atoms with van der Waals surface area (Å²) < 4.78 is 41.0. The second-order valence-electron chi connectivity index (χ2n) is 10.1. The van der Waals surface area contributed by atoms with E-state index in [9.17, 15) is 18.0 Å². The number of para-hydroxylation sites is 1. The molecule has 4 N–H and O–H groups in total. The lowest BCUT2D eigenvalue weighted by molar-refractivity contribution is -0.137. The molecule has 39 heavy (non-hydrogen) atoms. The molecule has 2 aromatic carbocycles. The van der Waals surface area contributed by atoms with Crippen molar-refractivity contribution in [3.8, 4) is 11.4 Å². The van der Waals surface area contributed by atoms with E-state index in [0.717, 1.165) is 71.4 Å². The van der Waals surface area contributed by atoms with Gasteiger partial charge in [0.15, 0.2) is 0 Å². The zero-order valence-electron chi connectivity index (χ0n) is 21.0. The number of hydrogen-bond acceptors (Lipinski definition) is 4. The number of aromatic nitrogens is 4. The van der Waals surface area contributed by atoms with Gasteiger partial charge in [-0.25, -0.2) is 9.97 Å². The van der Waals surface area contributed by atoms with Crippen molar-refractivity contribution >= 4 is 28.1 Å². The highest BCUT2D eigenvalue weighted by Gasteiger charge is 2.31. The smallest absolute Gasteiger partial charge is 0.382 e. The topological polar surface area (TPSA) is 101 Å². The van der Waals surface area contributed by atoms with E-state index in [2.05, 4.69) is 21.4 Å². The molecule has 1 fully saturated rings. The first-order valence-electron chi connectivity index (χ1n) is 12.9. The third-order valence-electron chi connectivity index (χ3n) is 7.61. The van der Waals surface area contributed by atoms with Crippen molar-refractivity contribution < 1.29 is 18.0 Å². The van der Waals surface area contributed by atoms with Gasteiger partial charge in [-0.15, -0.1) is 0 Å². The molecule has 3 aromatic heterocycles. The second-order valence-corrected chi connectivity index (χ2v) is 10.1. The van der Waals surface area contributed by atoms with Crippen molar-refractivity contribution in [2.24, 2.45) is 5.92 Å². The molecule has 0 unspecified atom stereocenters. The van der Waals surface area contributed by atoms with E-state index in [1.165, 1.54) is 12.1 Å². The highest BCUT2D eigenvalue weighted by atomic mass is 19.4. The third-order valence-corrected chi connectivity index (χ3v) is 7.61. The van der Waals surface area contributed by atoms with Gasteiger partial charge < -0.3 is 16.0 Å². The van der Waals surface area contributed by atoms with Crippen LogP contribution in [0.3, 0.4) is 0 Å². The minimum Gasteiger partial charge on any atom is -0.382 e. The molecule has 0 spiro atoms. The summed E-state index contributed by atoms with van der Waals surface area (Å²) in [5.41, 5.74) is 8.94. The fourth-order valence-corrected chi connectivity index (χ4v) is 5.56. The molecule has 1 aliphatic rings. The van der Waals surface area contributed by atoms with Crippen molar-refractivity contribution in [3.05, 3.63) is 83.9 Å². The molecule has 6 rings (SSSR count). The van der Waals surface area contributed by atoms with Gasteiger partial charge >= 0.3 is 6.18 Å². The van der Waals surface area contributed by atoms with Crippen LogP contribution in [0.5, 0.6) is 0 Å². The Morgan fingerprint density at radius 3 is 2.64 bits per heavy atom. The summed E-state index contributed by atoms with van der Waals surface area (Å²) in [7, 11) is 0. The molecule has 0 radical (unpaired) electrons. The van der Waals surface area contributed by atoms with Crippen LogP contribution < -0.4 is 11.1 Å². The number of aromatic amines is 1. The number of H-pyrrole nitrogens is 1. The van der Waals surface area contributed by atoms with Gasteiger partial charge in [0.1, 0.15) is 22.9 Å². The predicted molar refractivity (Wildman–Crippen MR) is 143 cm³/mol. The Morgan fingerprint density at radius 1 is 1.08 bits per heavy atom. The van der Waals surface area contributed by atoms with Crippen LogP contribution in [0.1, 0.15) is 53.3 Å². The summed E-state index contributed by atoms with van der Waals surface area (Å²) in [4.78, 5) is 25.3. The van der Waals surface area contributed by atoms with E-state index in [4.69, 9.17) is 10.7 Å². The summed E-state index contributed by atoms with van der Waals surface area (Å²) in [6.45, 7) is 0.418. The van der Waals surface area contributed by atoms with Crippen LogP contribution in [-0.2, 0) is 6.18 Å². The molecule has 10 heteroatoms. The third kappa shape index (κ3) is 4.82. The number of nitrogens with zero attached hydrogens (tertiary/aromatic N) is 3. The second kappa shape index (κ2) is 9.76. The lowest BCUT2D eigenvalue weighted by Crippen LogP contribution is -2.31. The first-order chi connectivity index (χ1) is 18.8. The number of carbonyl (C=O) groups excluding carboxylic acids is 1. The van der Waals surface area contributed by atoms with E-state index in [-0.39, 0.29) is 17.4 Å². The van der Waals surface area contributed by atoms with Gasteiger partial charge in [0.25, 0.3) is 5.91 Å². The maximum Gasteiger partial charge on any atom is 0.416 e. The number of nitrogens with two attached hydrogens (primary N) is 1. The van der Waals surface area contributed by atoms with Crippen LogP contribution >= 0.6 is 0 Å².